The van der Waals surface area contributed by atoms with Gasteiger partial charge < -0.3 is 10.2 Å². The Balaban J connectivity index is 0.000000172. The van der Waals surface area contributed by atoms with Gasteiger partial charge in [-0.2, -0.15) is 0 Å². The number of carboxylic acid groups (broad SMARTS) is 2. The second-order valence-electron chi connectivity index (χ2n) is 3.32. The lowest BCUT2D eigenvalue weighted by molar-refractivity contribution is -0.134. The van der Waals surface area contributed by atoms with Crippen molar-refractivity contribution in [2.24, 2.45) is 0 Å². The van der Waals surface area contributed by atoms with Crippen LogP contribution in [0.1, 0.15) is 11.1 Å². The van der Waals surface area contributed by atoms with Crippen molar-refractivity contribution in [2.45, 2.75) is 6.42 Å². The van der Waals surface area contributed by atoms with E-state index in [0.717, 1.165) is 6.42 Å². The van der Waals surface area contributed by atoms with E-state index >= 15 is 0 Å². The van der Waals surface area contributed by atoms with Crippen molar-refractivity contribution in [2.75, 3.05) is 0 Å². The fraction of sp³-hybridized carbons (Fsp3) is 0.0769. The number of carbonyl (C=O) groups is 2. The van der Waals surface area contributed by atoms with Crippen molar-refractivity contribution in [3.8, 4) is 0 Å². The van der Waals surface area contributed by atoms with E-state index in [1.165, 1.54) is 11.1 Å². The maximum absolute atomic E-state index is 9.55. The highest BCUT2D eigenvalue weighted by Crippen LogP contribution is 2.17. The first kappa shape index (κ1) is 12.7. The minimum atomic E-state index is -1.26. The number of rotatable bonds is 2. The van der Waals surface area contributed by atoms with Crippen LogP contribution in [0.5, 0.6) is 0 Å². The van der Waals surface area contributed by atoms with E-state index in [1.807, 2.05) is 0 Å². The first-order valence-electron chi connectivity index (χ1n) is 4.98. The highest BCUT2D eigenvalue weighted by atomic mass is 16.4. The molecule has 88 valence electrons. The number of aliphatic carboxylic acids is 2. The average Bonchev–Trinajstić information content (AvgIpc) is 2.75. The average molecular weight is 232 g/mol. The molecule has 0 fully saturated rings. The van der Waals surface area contributed by atoms with Crippen molar-refractivity contribution >= 4 is 18.0 Å². The van der Waals surface area contributed by atoms with E-state index in [-0.39, 0.29) is 0 Å². The third-order valence-corrected chi connectivity index (χ3v) is 2.06. The molecule has 2 N–H and O–H groups in total. The van der Waals surface area contributed by atoms with Gasteiger partial charge in [0.05, 0.1) is 0 Å². The summed E-state index contributed by atoms with van der Waals surface area (Å²) in [7, 11) is 0. The van der Waals surface area contributed by atoms with Crippen LogP contribution in [0.3, 0.4) is 0 Å². The maximum atomic E-state index is 9.55. The van der Waals surface area contributed by atoms with E-state index in [4.69, 9.17) is 10.2 Å². The van der Waals surface area contributed by atoms with Gasteiger partial charge >= 0.3 is 11.9 Å². The zero-order valence-corrected chi connectivity index (χ0v) is 9.04. The molecule has 0 atom stereocenters. The zero-order chi connectivity index (χ0) is 12.7. The van der Waals surface area contributed by atoms with Crippen molar-refractivity contribution in [3.05, 3.63) is 53.6 Å². The Hall–Kier alpha value is -2.36. The molecular weight excluding hydrogens is 220 g/mol. The van der Waals surface area contributed by atoms with Gasteiger partial charge in [0, 0.05) is 12.2 Å². The molecule has 4 nitrogen and oxygen atoms in total. The fourth-order valence-corrected chi connectivity index (χ4v) is 1.34. The fourth-order valence-electron chi connectivity index (χ4n) is 1.34. The van der Waals surface area contributed by atoms with Crippen LogP contribution < -0.4 is 0 Å². The summed E-state index contributed by atoms with van der Waals surface area (Å²) in [4.78, 5) is 19.1. The highest BCUT2D eigenvalue weighted by molar-refractivity contribution is 5.89. The largest absolute Gasteiger partial charge is 0.478 e. The predicted octanol–water partition coefficient (Wildman–Crippen LogP) is 1.97. The lowest BCUT2D eigenvalue weighted by Crippen LogP contribution is -1.91. The summed E-state index contributed by atoms with van der Waals surface area (Å²) in [5.74, 6) is -2.51. The monoisotopic (exact) mass is 232 g/mol. The molecule has 4 heteroatoms. The molecule has 0 spiro atoms. The van der Waals surface area contributed by atoms with Crippen LogP contribution in [0.25, 0.3) is 6.08 Å². The Morgan fingerprint density at radius 2 is 1.65 bits per heavy atom. The molecule has 0 bridgehead atoms. The minimum Gasteiger partial charge on any atom is -0.478 e. The van der Waals surface area contributed by atoms with Crippen molar-refractivity contribution in [1.82, 2.24) is 0 Å². The Kier molecular flexibility index (Phi) is 4.69. The van der Waals surface area contributed by atoms with Crippen LogP contribution >= 0.6 is 0 Å². The summed E-state index contributed by atoms with van der Waals surface area (Å²) in [5, 5.41) is 15.6. The van der Waals surface area contributed by atoms with Gasteiger partial charge in [-0.15, -0.1) is 0 Å². The lowest BCUT2D eigenvalue weighted by atomic mass is 10.1. The van der Waals surface area contributed by atoms with Crippen molar-refractivity contribution in [3.63, 3.8) is 0 Å². The van der Waals surface area contributed by atoms with Gasteiger partial charge in [0.2, 0.25) is 0 Å². The third kappa shape index (κ3) is 4.79. The van der Waals surface area contributed by atoms with Crippen LogP contribution in [0, 0.1) is 0 Å². The molecule has 0 saturated heterocycles. The number of hydrogen-bond acceptors (Lipinski definition) is 2. The molecule has 1 aromatic rings. The summed E-state index contributed by atoms with van der Waals surface area (Å²) < 4.78 is 0. The first-order valence-corrected chi connectivity index (χ1v) is 4.98. The van der Waals surface area contributed by atoms with Gasteiger partial charge in [0.25, 0.3) is 0 Å². The summed E-state index contributed by atoms with van der Waals surface area (Å²) in [5.41, 5.74) is 2.84. The van der Waals surface area contributed by atoms with Gasteiger partial charge in [0.1, 0.15) is 0 Å². The normalized spacial score (nSPS) is 11.8. The third-order valence-electron chi connectivity index (χ3n) is 2.06. The van der Waals surface area contributed by atoms with Crippen molar-refractivity contribution in [1.29, 1.82) is 0 Å². The Morgan fingerprint density at radius 3 is 2.18 bits per heavy atom. The second kappa shape index (κ2) is 6.27. The first-order chi connectivity index (χ1) is 8.09. The zero-order valence-electron chi connectivity index (χ0n) is 9.04. The SMILES string of the molecule is C1=Cc2ccccc2C1.O=C(O)/C=C\C(=O)O. The Morgan fingerprint density at radius 1 is 1.06 bits per heavy atom. The van der Waals surface area contributed by atoms with E-state index in [0.29, 0.717) is 12.2 Å². The molecular formula is C13H12O4. The van der Waals surface area contributed by atoms with Gasteiger partial charge in [-0.05, 0) is 17.5 Å². The molecule has 17 heavy (non-hydrogen) atoms. The maximum Gasteiger partial charge on any atom is 0.328 e. The number of fused-ring (bicyclic) bond motifs is 1. The second-order valence-corrected chi connectivity index (χ2v) is 3.32. The lowest BCUT2D eigenvalue weighted by Gasteiger charge is -1.93. The topological polar surface area (TPSA) is 74.6 Å². The number of allylic oxidation sites excluding steroid dienone is 1. The van der Waals surface area contributed by atoms with Gasteiger partial charge in [-0.25, -0.2) is 9.59 Å². The van der Waals surface area contributed by atoms with Crippen LogP contribution in [0.2, 0.25) is 0 Å². The molecule has 0 amide bonds. The molecule has 1 aromatic carbocycles. The number of benzene rings is 1. The molecule has 0 heterocycles. The van der Waals surface area contributed by atoms with Crippen molar-refractivity contribution < 1.29 is 19.8 Å². The molecule has 1 aliphatic rings. The number of hydrogen-bond donors (Lipinski definition) is 2. The summed E-state index contributed by atoms with van der Waals surface area (Å²) >= 11 is 0. The highest BCUT2D eigenvalue weighted by Gasteiger charge is 2.00. The molecule has 2 rings (SSSR count). The molecule has 1 aliphatic carbocycles. The van der Waals surface area contributed by atoms with E-state index in [1.54, 1.807) is 0 Å². The van der Waals surface area contributed by atoms with Crippen LogP contribution in [-0.2, 0) is 16.0 Å². The minimum absolute atomic E-state index is 0.558. The molecule has 0 saturated carbocycles. The molecule has 0 unspecified atom stereocenters. The smallest absolute Gasteiger partial charge is 0.328 e. The quantitative estimate of drug-likeness (QED) is 0.764. The van der Waals surface area contributed by atoms with Gasteiger partial charge in [-0.1, -0.05) is 36.4 Å². The van der Waals surface area contributed by atoms with E-state index < -0.39 is 11.9 Å². The van der Waals surface area contributed by atoms with E-state index in [2.05, 4.69) is 36.4 Å². The summed E-state index contributed by atoms with van der Waals surface area (Å²) in [6.07, 6.45) is 6.61. The Bertz CT molecular complexity index is 456. The van der Waals surface area contributed by atoms with Crippen LogP contribution in [-0.4, -0.2) is 22.2 Å². The van der Waals surface area contributed by atoms with Gasteiger partial charge in [-0.3, -0.25) is 0 Å². The van der Waals surface area contributed by atoms with E-state index in [9.17, 15) is 9.59 Å². The molecule has 0 aromatic heterocycles. The number of carboxylic acids is 2. The standard InChI is InChI=1S/C9H8.C4H4O4/c1-2-5-9-7-3-6-8(9)4-1;5-3(6)1-2-4(7)8/h1-6H,7H2;1-2H,(H,5,6)(H,7,8)/b;2-1-. The van der Waals surface area contributed by atoms with Crippen LogP contribution in [0.15, 0.2) is 42.5 Å². The predicted molar refractivity (Wildman–Crippen MR) is 63.6 cm³/mol. The molecule has 0 radical (unpaired) electrons. The Labute approximate surface area is 98.5 Å². The van der Waals surface area contributed by atoms with Gasteiger partial charge in [0.15, 0.2) is 0 Å². The summed E-state index contributed by atoms with van der Waals surface area (Å²) in [6.45, 7) is 0. The summed E-state index contributed by atoms with van der Waals surface area (Å²) in [6, 6.07) is 8.49. The molecule has 0 aliphatic heterocycles. The van der Waals surface area contributed by atoms with Crippen LogP contribution in [0.4, 0.5) is 0 Å².